The SMILES string of the molecule is CCOC(=O)[C@@]1(Cl)CCCCC1=O. The summed E-state index contributed by atoms with van der Waals surface area (Å²) in [6.45, 7) is 1.96. The van der Waals surface area contributed by atoms with Gasteiger partial charge in [0.1, 0.15) is 0 Å². The molecule has 0 aliphatic heterocycles. The fourth-order valence-electron chi connectivity index (χ4n) is 1.45. The van der Waals surface area contributed by atoms with E-state index in [0.29, 0.717) is 12.8 Å². The van der Waals surface area contributed by atoms with E-state index in [1.807, 2.05) is 0 Å². The summed E-state index contributed by atoms with van der Waals surface area (Å²) in [6, 6.07) is 0. The maximum atomic E-state index is 11.4. The van der Waals surface area contributed by atoms with Crippen LogP contribution in [0.25, 0.3) is 0 Å². The van der Waals surface area contributed by atoms with Crippen molar-refractivity contribution in [3.63, 3.8) is 0 Å². The standard InChI is InChI=1S/C9H13ClO3/c1-2-13-8(12)9(10)6-4-3-5-7(9)11/h2-6H2,1H3/t9-/m1/s1. The Labute approximate surface area is 82.4 Å². The van der Waals surface area contributed by atoms with Crippen LogP contribution in [0.15, 0.2) is 0 Å². The second kappa shape index (κ2) is 4.09. The molecule has 74 valence electrons. The third kappa shape index (κ3) is 2.02. The average Bonchev–Trinajstić information content (AvgIpc) is 2.11. The lowest BCUT2D eigenvalue weighted by atomic mass is 9.87. The first kappa shape index (κ1) is 10.5. The molecule has 0 aromatic heterocycles. The zero-order chi connectivity index (χ0) is 9.90. The van der Waals surface area contributed by atoms with Gasteiger partial charge in [0.25, 0.3) is 0 Å². The molecule has 1 fully saturated rings. The molecule has 0 aromatic rings. The van der Waals surface area contributed by atoms with E-state index < -0.39 is 10.8 Å². The molecule has 4 heteroatoms. The number of ether oxygens (including phenoxy) is 1. The third-order valence-corrected chi connectivity index (χ3v) is 2.77. The normalized spacial score (nSPS) is 28.6. The molecule has 3 nitrogen and oxygen atoms in total. The third-order valence-electron chi connectivity index (χ3n) is 2.22. The van der Waals surface area contributed by atoms with Gasteiger partial charge in [-0.1, -0.05) is 18.0 Å². The molecule has 0 aromatic carbocycles. The Morgan fingerprint density at radius 2 is 2.31 bits per heavy atom. The summed E-state index contributed by atoms with van der Waals surface area (Å²) in [5.41, 5.74) is 0. The van der Waals surface area contributed by atoms with Gasteiger partial charge in [-0.15, -0.1) is 0 Å². The molecule has 1 aliphatic carbocycles. The lowest BCUT2D eigenvalue weighted by Gasteiger charge is -2.26. The number of Topliss-reactive ketones (excluding diaryl/α,β-unsaturated/α-hetero) is 1. The monoisotopic (exact) mass is 204 g/mol. The molecular formula is C9H13ClO3. The first-order chi connectivity index (χ1) is 6.11. The Morgan fingerprint density at radius 1 is 1.62 bits per heavy atom. The molecule has 0 unspecified atom stereocenters. The topological polar surface area (TPSA) is 43.4 Å². The number of ketones is 1. The van der Waals surface area contributed by atoms with Gasteiger partial charge in [0, 0.05) is 6.42 Å². The summed E-state index contributed by atoms with van der Waals surface area (Å²) in [5.74, 6) is -0.778. The van der Waals surface area contributed by atoms with Gasteiger partial charge < -0.3 is 4.74 Å². The van der Waals surface area contributed by atoms with Crippen molar-refractivity contribution in [3.8, 4) is 0 Å². The zero-order valence-corrected chi connectivity index (χ0v) is 8.39. The highest BCUT2D eigenvalue weighted by Crippen LogP contribution is 2.32. The van der Waals surface area contributed by atoms with Crippen molar-refractivity contribution < 1.29 is 14.3 Å². The quantitative estimate of drug-likeness (QED) is 0.391. The number of carbonyl (C=O) groups is 2. The highest BCUT2D eigenvalue weighted by molar-refractivity contribution is 6.45. The maximum absolute atomic E-state index is 11.4. The number of hydrogen-bond donors (Lipinski definition) is 0. The van der Waals surface area contributed by atoms with Crippen LogP contribution in [0.5, 0.6) is 0 Å². The lowest BCUT2D eigenvalue weighted by molar-refractivity contribution is -0.150. The van der Waals surface area contributed by atoms with E-state index in [2.05, 4.69) is 0 Å². The van der Waals surface area contributed by atoms with Gasteiger partial charge in [0.15, 0.2) is 10.7 Å². The average molecular weight is 205 g/mol. The van der Waals surface area contributed by atoms with Crippen molar-refractivity contribution in [2.24, 2.45) is 0 Å². The van der Waals surface area contributed by atoms with E-state index in [9.17, 15) is 9.59 Å². The summed E-state index contributed by atoms with van der Waals surface area (Å²) >= 11 is 5.93. The van der Waals surface area contributed by atoms with E-state index in [1.54, 1.807) is 6.92 Å². The van der Waals surface area contributed by atoms with Crippen LogP contribution in [0.1, 0.15) is 32.6 Å². The zero-order valence-electron chi connectivity index (χ0n) is 7.64. The second-order valence-electron chi connectivity index (χ2n) is 3.15. The van der Waals surface area contributed by atoms with Crippen LogP contribution in [0.3, 0.4) is 0 Å². The highest BCUT2D eigenvalue weighted by Gasteiger charge is 2.46. The number of carbonyl (C=O) groups excluding carboxylic acids is 2. The predicted molar refractivity (Wildman–Crippen MR) is 48.7 cm³/mol. The van der Waals surface area contributed by atoms with Crippen LogP contribution in [0.4, 0.5) is 0 Å². The summed E-state index contributed by atoms with van der Waals surface area (Å²) < 4.78 is 4.76. The fraction of sp³-hybridized carbons (Fsp3) is 0.778. The fourth-order valence-corrected chi connectivity index (χ4v) is 1.74. The molecule has 1 rings (SSSR count). The minimum Gasteiger partial charge on any atom is -0.464 e. The van der Waals surface area contributed by atoms with E-state index in [1.165, 1.54) is 0 Å². The first-order valence-electron chi connectivity index (χ1n) is 4.50. The smallest absolute Gasteiger partial charge is 0.334 e. The molecule has 1 saturated carbocycles. The van der Waals surface area contributed by atoms with Gasteiger partial charge in [-0.3, -0.25) is 4.79 Å². The highest BCUT2D eigenvalue weighted by atomic mass is 35.5. The van der Waals surface area contributed by atoms with E-state index in [0.717, 1.165) is 12.8 Å². The molecular weight excluding hydrogens is 192 g/mol. The molecule has 1 atom stereocenters. The number of rotatable bonds is 2. The van der Waals surface area contributed by atoms with Crippen LogP contribution < -0.4 is 0 Å². The summed E-state index contributed by atoms with van der Waals surface area (Å²) in [4.78, 5) is 21.4. The second-order valence-corrected chi connectivity index (χ2v) is 3.80. The molecule has 0 saturated heterocycles. The Balaban J connectivity index is 2.71. The Kier molecular flexibility index (Phi) is 3.31. The van der Waals surface area contributed by atoms with Crippen molar-refractivity contribution in [1.82, 2.24) is 0 Å². The molecule has 0 spiro atoms. The Hall–Kier alpha value is -0.570. The van der Waals surface area contributed by atoms with Crippen LogP contribution in [0.2, 0.25) is 0 Å². The molecule has 0 bridgehead atoms. The lowest BCUT2D eigenvalue weighted by Crippen LogP contribution is -2.44. The van der Waals surface area contributed by atoms with Crippen LogP contribution in [-0.4, -0.2) is 23.2 Å². The Morgan fingerprint density at radius 3 is 2.85 bits per heavy atom. The van der Waals surface area contributed by atoms with E-state index in [-0.39, 0.29) is 12.4 Å². The molecule has 0 radical (unpaired) electrons. The van der Waals surface area contributed by atoms with Gasteiger partial charge in [0.2, 0.25) is 0 Å². The van der Waals surface area contributed by atoms with Gasteiger partial charge in [0.05, 0.1) is 6.61 Å². The van der Waals surface area contributed by atoms with E-state index in [4.69, 9.17) is 16.3 Å². The number of esters is 1. The molecule has 1 aliphatic rings. The summed E-state index contributed by atoms with van der Waals surface area (Å²) in [6.07, 6.45) is 2.44. The predicted octanol–water partition coefficient (Wildman–Crippen LogP) is 1.67. The van der Waals surface area contributed by atoms with Crippen LogP contribution in [-0.2, 0) is 14.3 Å². The molecule has 0 N–H and O–H groups in total. The number of hydrogen-bond acceptors (Lipinski definition) is 3. The van der Waals surface area contributed by atoms with Gasteiger partial charge in [-0.2, -0.15) is 0 Å². The van der Waals surface area contributed by atoms with Crippen molar-refractivity contribution in [3.05, 3.63) is 0 Å². The summed E-state index contributed by atoms with van der Waals surface area (Å²) in [5, 5.41) is 0. The minimum absolute atomic E-state index is 0.195. The maximum Gasteiger partial charge on any atom is 0.334 e. The van der Waals surface area contributed by atoms with Crippen molar-refractivity contribution in [2.75, 3.05) is 6.61 Å². The molecule has 0 amide bonds. The minimum atomic E-state index is -1.38. The summed E-state index contributed by atoms with van der Waals surface area (Å²) in [7, 11) is 0. The van der Waals surface area contributed by atoms with Gasteiger partial charge >= 0.3 is 5.97 Å². The van der Waals surface area contributed by atoms with Crippen molar-refractivity contribution >= 4 is 23.4 Å². The Bertz CT molecular complexity index is 227. The molecule has 0 heterocycles. The van der Waals surface area contributed by atoms with Crippen molar-refractivity contribution in [1.29, 1.82) is 0 Å². The molecule has 13 heavy (non-hydrogen) atoms. The van der Waals surface area contributed by atoms with Gasteiger partial charge in [-0.25, -0.2) is 4.79 Å². The van der Waals surface area contributed by atoms with Crippen molar-refractivity contribution in [2.45, 2.75) is 37.5 Å². The number of halogens is 1. The van der Waals surface area contributed by atoms with Gasteiger partial charge in [-0.05, 0) is 19.8 Å². The first-order valence-corrected chi connectivity index (χ1v) is 4.88. The van der Waals surface area contributed by atoms with Crippen LogP contribution in [0, 0.1) is 0 Å². The largest absolute Gasteiger partial charge is 0.464 e. The number of alkyl halides is 1. The van der Waals surface area contributed by atoms with Crippen LogP contribution >= 0.6 is 11.6 Å². The van der Waals surface area contributed by atoms with E-state index >= 15 is 0 Å².